The number of amides is 1. The summed E-state index contributed by atoms with van der Waals surface area (Å²) in [5, 5.41) is 12.3. The zero-order valence-corrected chi connectivity index (χ0v) is 11.7. The highest BCUT2D eigenvalue weighted by molar-refractivity contribution is 5.96. The Hall–Kier alpha value is -1.89. The molecule has 1 fully saturated rings. The first-order valence-electron chi connectivity index (χ1n) is 7.06. The lowest BCUT2D eigenvalue weighted by Crippen LogP contribution is -2.47. The highest BCUT2D eigenvalue weighted by Gasteiger charge is 2.33. The normalized spacial score (nSPS) is 17.9. The van der Waals surface area contributed by atoms with E-state index < -0.39 is 5.54 Å². The highest BCUT2D eigenvalue weighted by Crippen LogP contribution is 2.27. The minimum absolute atomic E-state index is 0.286. The molecule has 1 aliphatic carbocycles. The van der Waals surface area contributed by atoms with E-state index in [1.807, 2.05) is 0 Å². The van der Waals surface area contributed by atoms with Crippen molar-refractivity contribution < 1.29 is 9.18 Å². The van der Waals surface area contributed by atoms with Crippen LogP contribution < -0.4 is 5.32 Å². The standard InChI is InChI=1S/C16H19FN2O/c1-12-10-13(17)6-7-14(12)15(20)19-16(11-18)8-4-2-3-5-9-16/h6-7,10H,2-5,8-9H2,1H3,(H,19,20). The summed E-state index contributed by atoms with van der Waals surface area (Å²) >= 11 is 0. The second kappa shape index (κ2) is 6.04. The number of nitrogens with one attached hydrogen (secondary N) is 1. The SMILES string of the molecule is Cc1cc(F)ccc1C(=O)NC1(C#N)CCCCCC1. The predicted octanol–water partition coefficient (Wildman–Crippen LogP) is 3.48. The zero-order valence-electron chi connectivity index (χ0n) is 11.7. The number of halogens is 1. The summed E-state index contributed by atoms with van der Waals surface area (Å²) in [5.74, 6) is -0.644. The molecule has 1 amide bonds. The molecule has 0 atom stereocenters. The monoisotopic (exact) mass is 274 g/mol. The van der Waals surface area contributed by atoms with Gasteiger partial charge in [-0.25, -0.2) is 4.39 Å². The van der Waals surface area contributed by atoms with Gasteiger partial charge in [0.2, 0.25) is 0 Å². The molecule has 0 saturated heterocycles. The van der Waals surface area contributed by atoms with Crippen molar-refractivity contribution in [3.05, 3.63) is 35.1 Å². The Bertz CT molecular complexity index is 540. The molecule has 1 N–H and O–H groups in total. The lowest BCUT2D eigenvalue weighted by atomic mass is 9.91. The fraction of sp³-hybridized carbons (Fsp3) is 0.500. The van der Waals surface area contributed by atoms with Gasteiger partial charge in [0.15, 0.2) is 0 Å². The van der Waals surface area contributed by atoms with Gasteiger partial charge in [0.1, 0.15) is 11.4 Å². The van der Waals surface area contributed by atoms with Crippen molar-refractivity contribution in [2.24, 2.45) is 0 Å². The molecule has 0 radical (unpaired) electrons. The highest BCUT2D eigenvalue weighted by atomic mass is 19.1. The minimum atomic E-state index is -0.769. The molecule has 4 heteroatoms. The van der Waals surface area contributed by atoms with Gasteiger partial charge < -0.3 is 5.32 Å². The molecule has 0 spiro atoms. The number of nitrogens with zero attached hydrogens (tertiary/aromatic N) is 1. The van der Waals surface area contributed by atoms with Crippen molar-refractivity contribution in [3.8, 4) is 6.07 Å². The van der Waals surface area contributed by atoms with Crippen LogP contribution in [0.5, 0.6) is 0 Å². The maximum absolute atomic E-state index is 13.1. The summed E-state index contributed by atoms with van der Waals surface area (Å²) in [4.78, 5) is 12.3. The Labute approximate surface area is 118 Å². The van der Waals surface area contributed by atoms with Crippen LogP contribution in [0.3, 0.4) is 0 Å². The van der Waals surface area contributed by atoms with Gasteiger partial charge in [0, 0.05) is 5.56 Å². The average molecular weight is 274 g/mol. The Morgan fingerprint density at radius 3 is 2.50 bits per heavy atom. The van der Waals surface area contributed by atoms with Crippen LogP contribution in [-0.4, -0.2) is 11.4 Å². The van der Waals surface area contributed by atoms with Gasteiger partial charge in [-0.05, 0) is 43.5 Å². The Kier molecular flexibility index (Phi) is 4.39. The molecule has 1 aliphatic rings. The summed E-state index contributed by atoms with van der Waals surface area (Å²) in [5.41, 5.74) is 0.253. The zero-order chi connectivity index (χ0) is 14.6. The number of rotatable bonds is 2. The molecule has 0 heterocycles. The fourth-order valence-corrected chi connectivity index (χ4v) is 2.76. The van der Waals surface area contributed by atoms with Gasteiger partial charge in [-0.2, -0.15) is 5.26 Å². The van der Waals surface area contributed by atoms with Crippen molar-refractivity contribution in [2.75, 3.05) is 0 Å². The first-order valence-corrected chi connectivity index (χ1v) is 7.06. The summed E-state index contributed by atoms with van der Waals surface area (Å²) in [7, 11) is 0. The topological polar surface area (TPSA) is 52.9 Å². The molecule has 1 saturated carbocycles. The van der Waals surface area contributed by atoms with Crippen molar-refractivity contribution in [1.29, 1.82) is 5.26 Å². The van der Waals surface area contributed by atoms with Gasteiger partial charge >= 0.3 is 0 Å². The van der Waals surface area contributed by atoms with Gasteiger partial charge in [-0.1, -0.05) is 25.7 Å². The van der Waals surface area contributed by atoms with E-state index in [4.69, 9.17) is 0 Å². The quantitative estimate of drug-likeness (QED) is 0.839. The van der Waals surface area contributed by atoms with Crippen LogP contribution in [0.1, 0.15) is 54.4 Å². The molecule has 106 valence electrons. The number of carbonyl (C=O) groups is 1. The summed E-state index contributed by atoms with van der Waals surface area (Å²) in [6.45, 7) is 1.70. The number of nitriles is 1. The van der Waals surface area contributed by atoms with E-state index in [-0.39, 0.29) is 11.7 Å². The number of hydrogen-bond donors (Lipinski definition) is 1. The van der Waals surface area contributed by atoms with Crippen LogP contribution in [-0.2, 0) is 0 Å². The Morgan fingerprint density at radius 1 is 1.30 bits per heavy atom. The maximum atomic E-state index is 13.1. The molecule has 0 bridgehead atoms. The first kappa shape index (κ1) is 14.5. The number of aryl methyl sites for hydroxylation is 1. The van der Waals surface area contributed by atoms with E-state index >= 15 is 0 Å². The molecule has 3 nitrogen and oxygen atoms in total. The van der Waals surface area contributed by atoms with Crippen LogP contribution in [0.4, 0.5) is 4.39 Å². The average Bonchev–Trinajstić information content (AvgIpc) is 2.64. The number of carbonyl (C=O) groups excluding carboxylic acids is 1. The fourth-order valence-electron chi connectivity index (χ4n) is 2.76. The van der Waals surface area contributed by atoms with Gasteiger partial charge in [-0.15, -0.1) is 0 Å². The van der Waals surface area contributed by atoms with Crippen molar-refractivity contribution in [3.63, 3.8) is 0 Å². The van der Waals surface area contributed by atoms with E-state index in [2.05, 4.69) is 11.4 Å². The molecule has 0 aliphatic heterocycles. The summed E-state index contributed by atoms with van der Waals surface area (Å²) in [6.07, 6.45) is 5.50. The van der Waals surface area contributed by atoms with Crippen LogP contribution >= 0.6 is 0 Å². The third-order valence-electron chi connectivity index (χ3n) is 3.96. The molecule has 1 aromatic rings. The minimum Gasteiger partial charge on any atom is -0.334 e. The van der Waals surface area contributed by atoms with E-state index in [0.717, 1.165) is 25.7 Å². The smallest absolute Gasteiger partial charge is 0.252 e. The molecule has 2 rings (SSSR count). The molecular weight excluding hydrogens is 255 g/mol. The largest absolute Gasteiger partial charge is 0.334 e. The number of hydrogen-bond acceptors (Lipinski definition) is 2. The van der Waals surface area contributed by atoms with Gasteiger partial charge in [0.05, 0.1) is 6.07 Å². The van der Waals surface area contributed by atoms with Crippen LogP contribution in [0.2, 0.25) is 0 Å². The molecule has 0 unspecified atom stereocenters. The number of benzene rings is 1. The van der Waals surface area contributed by atoms with Gasteiger partial charge in [-0.3, -0.25) is 4.79 Å². The molecular formula is C16H19FN2O. The third-order valence-corrected chi connectivity index (χ3v) is 3.96. The Balaban J connectivity index is 2.18. The van der Waals surface area contributed by atoms with Crippen LogP contribution in [0.15, 0.2) is 18.2 Å². The van der Waals surface area contributed by atoms with Crippen molar-refractivity contribution >= 4 is 5.91 Å². The summed E-state index contributed by atoms with van der Waals surface area (Å²) in [6, 6.07) is 6.36. The van der Waals surface area contributed by atoms with Gasteiger partial charge in [0.25, 0.3) is 5.91 Å². The third kappa shape index (κ3) is 3.16. The van der Waals surface area contributed by atoms with Crippen molar-refractivity contribution in [1.82, 2.24) is 5.32 Å². The second-order valence-corrected chi connectivity index (χ2v) is 5.52. The second-order valence-electron chi connectivity index (χ2n) is 5.52. The van der Waals surface area contributed by atoms with E-state index in [1.165, 1.54) is 18.2 Å². The lowest BCUT2D eigenvalue weighted by Gasteiger charge is -2.26. The first-order chi connectivity index (χ1) is 9.56. The van der Waals surface area contributed by atoms with Crippen molar-refractivity contribution in [2.45, 2.75) is 51.0 Å². The molecule has 20 heavy (non-hydrogen) atoms. The lowest BCUT2D eigenvalue weighted by molar-refractivity contribution is 0.0912. The van der Waals surface area contributed by atoms with E-state index in [0.29, 0.717) is 24.0 Å². The molecule has 1 aromatic carbocycles. The van der Waals surface area contributed by atoms with Crippen LogP contribution in [0, 0.1) is 24.1 Å². The molecule has 0 aromatic heterocycles. The summed E-state index contributed by atoms with van der Waals surface area (Å²) < 4.78 is 13.1. The maximum Gasteiger partial charge on any atom is 0.252 e. The Morgan fingerprint density at radius 2 is 1.95 bits per heavy atom. The van der Waals surface area contributed by atoms with E-state index in [1.54, 1.807) is 6.92 Å². The van der Waals surface area contributed by atoms with E-state index in [9.17, 15) is 14.4 Å². The van der Waals surface area contributed by atoms with Crippen LogP contribution in [0.25, 0.3) is 0 Å². The predicted molar refractivity (Wildman–Crippen MR) is 74.6 cm³/mol.